The van der Waals surface area contributed by atoms with Gasteiger partial charge in [-0.15, -0.1) is 0 Å². The summed E-state index contributed by atoms with van der Waals surface area (Å²) in [6, 6.07) is 9.37. The van der Waals surface area contributed by atoms with Crippen molar-refractivity contribution in [2.24, 2.45) is 5.92 Å². The molecule has 0 aromatic heterocycles. The van der Waals surface area contributed by atoms with Gasteiger partial charge < -0.3 is 15.2 Å². The molecule has 1 aliphatic heterocycles. The number of nitrogens with one attached hydrogen (secondary N) is 1. The van der Waals surface area contributed by atoms with E-state index in [-0.39, 0.29) is 6.10 Å². The van der Waals surface area contributed by atoms with Gasteiger partial charge in [0.05, 0.1) is 12.0 Å². The van der Waals surface area contributed by atoms with Crippen LogP contribution < -0.4 is 5.32 Å². The fourth-order valence-electron chi connectivity index (χ4n) is 2.49. The molecule has 3 unspecified atom stereocenters. The smallest absolute Gasteiger partial charge is 0.312 e. The maximum absolute atomic E-state index is 11.3. The molecule has 0 amide bonds. The monoisotopic (exact) mass is 263 g/mol. The summed E-state index contributed by atoms with van der Waals surface area (Å²) in [4.78, 5) is 11.3. The minimum absolute atomic E-state index is 0.271. The van der Waals surface area contributed by atoms with Crippen LogP contribution in [0.4, 0.5) is 0 Å². The number of ether oxygens (including phenoxy) is 1. The number of carboxylic acids is 1. The van der Waals surface area contributed by atoms with Gasteiger partial charge in [0, 0.05) is 19.7 Å². The van der Waals surface area contributed by atoms with Crippen molar-refractivity contribution in [3.63, 3.8) is 0 Å². The zero-order chi connectivity index (χ0) is 13.7. The molecule has 0 radical (unpaired) electrons. The van der Waals surface area contributed by atoms with E-state index in [0.29, 0.717) is 12.5 Å². The number of carboxylic acid groups (broad SMARTS) is 1. The van der Waals surface area contributed by atoms with E-state index in [4.69, 9.17) is 4.74 Å². The molecule has 0 bridgehead atoms. The molecule has 19 heavy (non-hydrogen) atoms. The Morgan fingerprint density at radius 1 is 1.47 bits per heavy atom. The molecule has 1 aromatic rings. The summed E-state index contributed by atoms with van der Waals surface area (Å²) in [5, 5.41) is 12.6. The molecular formula is C15H21NO3. The van der Waals surface area contributed by atoms with Crippen LogP contribution in [0.1, 0.15) is 24.8 Å². The molecule has 1 aliphatic rings. The number of hydrogen-bond acceptors (Lipinski definition) is 3. The summed E-state index contributed by atoms with van der Waals surface area (Å²) >= 11 is 0. The number of aliphatic carboxylic acids is 1. The first-order chi connectivity index (χ1) is 9.18. The summed E-state index contributed by atoms with van der Waals surface area (Å²) in [5.41, 5.74) is 0.846. The minimum atomic E-state index is -0.783. The predicted molar refractivity (Wildman–Crippen MR) is 73.2 cm³/mol. The Hall–Kier alpha value is -1.39. The first-order valence-electron chi connectivity index (χ1n) is 6.78. The van der Waals surface area contributed by atoms with Gasteiger partial charge in [0.2, 0.25) is 0 Å². The van der Waals surface area contributed by atoms with Gasteiger partial charge in [-0.1, -0.05) is 30.3 Å². The van der Waals surface area contributed by atoms with Crippen molar-refractivity contribution in [2.75, 3.05) is 19.7 Å². The fraction of sp³-hybridized carbons (Fsp3) is 0.533. The maximum atomic E-state index is 11.3. The van der Waals surface area contributed by atoms with Crippen molar-refractivity contribution in [3.05, 3.63) is 35.9 Å². The molecule has 2 rings (SSSR count). The van der Waals surface area contributed by atoms with Gasteiger partial charge >= 0.3 is 5.97 Å². The molecule has 4 nitrogen and oxygen atoms in total. The van der Waals surface area contributed by atoms with Crippen LogP contribution in [0.3, 0.4) is 0 Å². The SMILES string of the molecule is CC1OCCC1CNCC(C(=O)O)c1ccccc1. The third kappa shape index (κ3) is 3.78. The second-order valence-corrected chi connectivity index (χ2v) is 5.08. The van der Waals surface area contributed by atoms with Gasteiger partial charge in [-0.25, -0.2) is 0 Å². The average molecular weight is 263 g/mol. The summed E-state index contributed by atoms with van der Waals surface area (Å²) < 4.78 is 5.50. The van der Waals surface area contributed by atoms with Crippen LogP contribution in [0, 0.1) is 5.92 Å². The van der Waals surface area contributed by atoms with Gasteiger partial charge in [0.25, 0.3) is 0 Å². The first kappa shape index (κ1) is 14.0. The largest absolute Gasteiger partial charge is 0.481 e. The lowest BCUT2D eigenvalue weighted by Crippen LogP contribution is -2.32. The van der Waals surface area contributed by atoms with E-state index >= 15 is 0 Å². The standard InChI is InChI=1S/C15H21NO3/c1-11-13(7-8-19-11)9-16-10-14(15(17)18)12-5-3-2-4-6-12/h2-6,11,13-14,16H,7-10H2,1H3,(H,17,18). The third-order valence-corrected chi connectivity index (χ3v) is 3.79. The van der Waals surface area contributed by atoms with Crippen molar-refractivity contribution in [3.8, 4) is 0 Å². The highest BCUT2D eigenvalue weighted by Gasteiger charge is 2.25. The molecule has 0 spiro atoms. The molecule has 0 aliphatic carbocycles. The van der Waals surface area contributed by atoms with E-state index in [9.17, 15) is 9.90 Å². The number of carbonyl (C=O) groups is 1. The molecule has 104 valence electrons. The molecule has 1 fully saturated rings. The second-order valence-electron chi connectivity index (χ2n) is 5.08. The third-order valence-electron chi connectivity index (χ3n) is 3.79. The van der Waals surface area contributed by atoms with Crippen molar-refractivity contribution in [1.82, 2.24) is 5.32 Å². The van der Waals surface area contributed by atoms with Crippen LogP contribution in [-0.4, -0.2) is 36.9 Å². The second kappa shape index (κ2) is 6.68. The molecule has 1 saturated heterocycles. The van der Waals surface area contributed by atoms with Gasteiger partial charge in [-0.3, -0.25) is 4.79 Å². The van der Waals surface area contributed by atoms with E-state index in [1.54, 1.807) is 0 Å². The predicted octanol–water partition coefficient (Wildman–Crippen LogP) is 1.87. The molecule has 3 atom stereocenters. The van der Waals surface area contributed by atoms with Crippen molar-refractivity contribution in [2.45, 2.75) is 25.4 Å². The Kier molecular flexibility index (Phi) is 4.93. The van der Waals surface area contributed by atoms with Gasteiger partial charge in [0.1, 0.15) is 0 Å². The quantitative estimate of drug-likeness (QED) is 0.822. The number of hydrogen-bond donors (Lipinski definition) is 2. The van der Waals surface area contributed by atoms with Crippen LogP contribution >= 0.6 is 0 Å². The fourth-order valence-corrected chi connectivity index (χ4v) is 2.49. The normalized spacial score (nSPS) is 24.3. The highest BCUT2D eigenvalue weighted by Crippen LogP contribution is 2.20. The zero-order valence-corrected chi connectivity index (χ0v) is 11.2. The molecule has 4 heteroatoms. The van der Waals surface area contributed by atoms with Crippen molar-refractivity contribution >= 4 is 5.97 Å². The Morgan fingerprint density at radius 2 is 2.21 bits per heavy atom. The highest BCUT2D eigenvalue weighted by molar-refractivity contribution is 5.76. The summed E-state index contributed by atoms with van der Waals surface area (Å²) in [5.74, 6) is -0.779. The lowest BCUT2D eigenvalue weighted by atomic mass is 9.98. The average Bonchev–Trinajstić information content (AvgIpc) is 2.81. The van der Waals surface area contributed by atoms with E-state index in [1.165, 1.54) is 0 Å². The first-order valence-corrected chi connectivity index (χ1v) is 6.78. The van der Waals surface area contributed by atoms with E-state index < -0.39 is 11.9 Å². The van der Waals surface area contributed by atoms with Crippen LogP contribution in [0.2, 0.25) is 0 Å². The number of rotatable bonds is 6. The van der Waals surface area contributed by atoms with Gasteiger partial charge in [0.15, 0.2) is 0 Å². The Morgan fingerprint density at radius 3 is 2.79 bits per heavy atom. The molecule has 0 saturated carbocycles. The lowest BCUT2D eigenvalue weighted by Gasteiger charge is -2.18. The van der Waals surface area contributed by atoms with E-state index in [1.807, 2.05) is 30.3 Å². The molecule has 2 N–H and O–H groups in total. The summed E-state index contributed by atoms with van der Waals surface area (Å²) in [6.45, 7) is 4.17. The molecule has 1 aromatic carbocycles. The lowest BCUT2D eigenvalue weighted by molar-refractivity contribution is -0.138. The van der Waals surface area contributed by atoms with Crippen LogP contribution in [0.25, 0.3) is 0 Å². The van der Waals surface area contributed by atoms with Crippen LogP contribution in [-0.2, 0) is 9.53 Å². The van der Waals surface area contributed by atoms with Crippen LogP contribution in [0.15, 0.2) is 30.3 Å². The Labute approximate surface area is 113 Å². The topological polar surface area (TPSA) is 58.6 Å². The number of benzene rings is 1. The molecular weight excluding hydrogens is 242 g/mol. The summed E-state index contributed by atoms with van der Waals surface area (Å²) in [6.07, 6.45) is 1.32. The maximum Gasteiger partial charge on any atom is 0.312 e. The van der Waals surface area contributed by atoms with Gasteiger partial charge in [-0.05, 0) is 24.8 Å². The van der Waals surface area contributed by atoms with E-state index in [0.717, 1.165) is 25.1 Å². The van der Waals surface area contributed by atoms with Crippen LogP contribution in [0.5, 0.6) is 0 Å². The minimum Gasteiger partial charge on any atom is -0.481 e. The molecule has 1 heterocycles. The van der Waals surface area contributed by atoms with Crippen molar-refractivity contribution < 1.29 is 14.6 Å². The Bertz CT molecular complexity index is 407. The Balaban J connectivity index is 1.86. The van der Waals surface area contributed by atoms with Crippen molar-refractivity contribution in [1.29, 1.82) is 0 Å². The zero-order valence-electron chi connectivity index (χ0n) is 11.2. The summed E-state index contributed by atoms with van der Waals surface area (Å²) in [7, 11) is 0. The highest BCUT2D eigenvalue weighted by atomic mass is 16.5. The van der Waals surface area contributed by atoms with E-state index in [2.05, 4.69) is 12.2 Å². The van der Waals surface area contributed by atoms with Gasteiger partial charge in [-0.2, -0.15) is 0 Å².